The van der Waals surface area contributed by atoms with Gasteiger partial charge in [0.2, 0.25) is 0 Å². The zero-order chi connectivity index (χ0) is 42.5. The summed E-state index contributed by atoms with van der Waals surface area (Å²) in [6.45, 7) is 7.43. The predicted molar refractivity (Wildman–Crippen MR) is 269 cm³/mol. The van der Waals surface area contributed by atoms with E-state index in [1.807, 2.05) is 0 Å². The number of benzene rings is 6. The highest BCUT2D eigenvalue weighted by atomic mass is 16.3. The molecule has 5 bridgehead atoms. The number of para-hydroxylation sites is 2. The molecular weight excluding hydrogens is 787 g/mol. The Morgan fingerprint density at radius 3 is 2.35 bits per heavy atom. The maximum Gasteiger partial charge on any atom is 0.333 e. The van der Waals surface area contributed by atoms with Gasteiger partial charge in [0.25, 0.3) is 0 Å². The van der Waals surface area contributed by atoms with Gasteiger partial charge in [0.05, 0.1) is 16.9 Å². The average Bonchev–Trinajstić information content (AvgIpc) is 4.15. The van der Waals surface area contributed by atoms with Gasteiger partial charge in [0.1, 0.15) is 5.58 Å². The summed E-state index contributed by atoms with van der Waals surface area (Å²) in [6.07, 6.45) is 16.8. The van der Waals surface area contributed by atoms with Gasteiger partial charge in [-0.1, -0.05) is 100 Å². The third kappa shape index (κ3) is 4.10. The van der Waals surface area contributed by atoms with Crippen LogP contribution in [0.25, 0.3) is 82.7 Å². The summed E-state index contributed by atoms with van der Waals surface area (Å²) in [6, 6.07) is 41.5. The predicted octanol–water partition coefficient (Wildman–Crippen LogP) is 14.2. The number of nitrogens with zero attached hydrogens (tertiary/aromatic N) is 2. The van der Waals surface area contributed by atoms with E-state index in [9.17, 15) is 0 Å². The van der Waals surface area contributed by atoms with E-state index >= 15 is 0 Å². The summed E-state index contributed by atoms with van der Waals surface area (Å²) < 4.78 is 12.8. The van der Waals surface area contributed by atoms with Gasteiger partial charge in [-0.15, -0.1) is 0 Å². The first kappa shape index (κ1) is 35.7. The number of furan rings is 1. The second-order valence-corrected chi connectivity index (χ2v) is 23.7. The van der Waals surface area contributed by atoms with Gasteiger partial charge in [0, 0.05) is 54.5 Å². The summed E-state index contributed by atoms with van der Waals surface area (Å²) in [5.74, 6) is 4.53. The van der Waals surface area contributed by atoms with Crippen LogP contribution < -0.4 is 10.9 Å². The third-order valence-electron chi connectivity index (χ3n) is 20.6. The molecule has 8 aliphatic rings. The highest BCUT2D eigenvalue weighted by Crippen LogP contribution is 2.63. The normalized spacial score (nSPS) is 29.2. The molecule has 0 saturated heterocycles. The largest absolute Gasteiger partial charge is 0.454 e. The first-order valence-electron chi connectivity index (χ1n) is 25.7. The second kappa shape index (κ2) is 11.5. The van der Waals surface area contributed by atoms with E-state index in [1.54, 1.807) is 11.1 Å². The molecule has 318 valence electrons. The molecule has 4 heteroatoms. The second-order valence-electron chi connectivity index (χ2n) is 23.7. The van der Waals surface area contributed by atoms with Crippen LogP contribution in [-0.2, 0) is 16.2 Å². The van der Waals surface area contributed by atoms with E-state index in [1.165, 1.54) is 171 Å². The van der Waals surface area contributed by atoms with E-state index in [4.69, 9.17) is 4.42 Å². The van der Waals surface area contributed by atoms with Crippen LogP contribution in [0, 0.1) is 29.6 Å². The number of rotatable bonds is 3. The van der Waals surface area contributed by atoms with Crippen molar-refractivity contribution in [1.29, 1.82) is 0 Å². The van der Waals surface area contributed by atoms with Crippen molar-refractivity contribution in [1.82, 2.24) is 9.05 Å². The highest BCUT2D eigenvalue weighted by molar-refractivity contribution is 6.90. The fourth-order valence-corrected chi connectivity index (χ4v) is 18.1. The van der Waals surface area contributed by atoms with Crippen molar-refractivity contribution < 1.29 is 4.42 Å². The molecule has 6 aliphatic carbocycles. The third-order valence-corrected chi connectivity index (χ3v) is 20.6. The van der Waals surface area contributed by atoms with E-state index in [-0.39, 0.29) is 23.1 Å². The fourth-order valence-electron chi connectivity index (χ4n) is 18.1. The van der Waals surface area contributed by atoms with Gasteiger partial charge in [-0.3, -0.25) is 0 Å². The van der Waals surface area contributed by atoms with Crippen LogP contribution in [0.1, 0.15) is 120 Å². The minimum absolute atomic E-state index is 0.0104. The average molecular weight is 843 g/mol. The van der Waals surface area contributed by atoms with Crippen LogP contribution in [0.4, 0.5) is 0 Å². The van der Waals surface area contributed by atoms with Crippen LogP contribution in [0.2, 0.25) is 0 Å². The van der Waals surface area contributed by atoms with Crippen molar-refractivity contribution in [2.24, 2.45) is 29.6 Å². The Morgan fingerprint density at radius 1 is 0.646 bits per heavy atom. The maximum absolute atomic E-state index is 7.25. The highest BCUT2D eigenvalue weighted by Gasteiger charge is 2.54. The molecule has 0 amide bonds. The fraction of sp³-hybridized carbons (Fsp3) is 0.377. The Labute approximate surface area is 381 Å². The molecule has 6 unspecified atom stereocenters. The Balaban J connectivity index is 1.04. The Kier molecular flexibility index (Phi) is 6.35. The number of hydrogen-bond donors (Lipinski definition) is 0. The molecule has 5 heterocycles. The van der Waals surface area contributed by atoms with Crippen molar-refractivity contribution in [3.05, 3.63) is 125 Å². The quantitative estimate of drug-likeness (QED) is 0.163. The zero-order valence-corrected chi connectivity index (χ0v) is 38.1. The minimum atomic E-state index is -0.147. The summed E-state index contributed by atoms with van der Waals surface area (Å²) in [4.78, 5) is 0. The molecule has 2 aliphatic heterocycles. The van der Waals surface area contributed by atoms with Crippen LogP contribution in [0.5, 0.6) is 0 Å². The lowest BCUT2D eigenvalue weighted by atomic mass is 9.45. The van der Waals surface area contributed by atoms with E-state index in [0.29, 0.717) is 0 Å². The SMILES string of the molecule is CCC1(c2ccc3c(c2)c2cc(C45CCC6CC(CC6C4)C5)cc4c2n3B2c3c-4cc4c(oc5ccccc54)c3-n3c4c(c5cccc2c53)C(C)(C)c2ccccc2-4)CC2CCC(C2)C1. The van der Waals surface area contributed by atoms with Crippen LogP contribution in [0.15, 0.2) is 108 Å². The molecular formula is C61H55BN2O. The molecule has 0 N–H and O–H groups in total. The lowest BCUT2D eigenvalue weighted by Gasteiger charge is -2.46. The summed E-state index contributed by atoms with van der Waals surface area (Å²) in [5.41, 5.74) is 22.4. The van der Waals surface area contributed by atoms with Crippen molar-refractivity contribution in [2.75, 3.05) is 0 Å². The Bertz CT molecular complexity index is 3670. The molecule has 0 spiro atoms. The first-order valence-corrected chi connectivity index (χ1v) is 25.7. The van der Waals surface area contributed by atoms with Crippen molar-refractivity contribution in [3.8, 4) is 28.1 Å². The topological polar surface area (TPSA) is 23.0 Å². The van der Waals surface area contributed by atoms with Gasteiger partial charge in [-0.25, -0.2) is 0 Å². The smallest absolute Gasteiger partial charge is 0.333 e. The minimum Gasteiger partial charge on any atom is -0.454 e. The van der Waals surface area contributed by atoms with Gasteiger partial charge in [0.15, 0.2) is 5.58 Å². The van der Waals surface area contributed by atoms with Gasteiger partial charge >= 0.3 is 6.85 Å². The van der Waals surface area contributed by atoms with Gasteiger partial charge in [-0.05, 0) is 180 Å². The number of hydrogen-bond acceptors (Lipinski definition) is 1. The van der Waals surface area contributed by atoms with Gasteiger partial charge < -0.3 is 13.5 Å². The Hall–Kier alpha value is -5.48. The summed E-state index contributed by atoms with van der Waals surface area (Å²) in [7, 11) is 0. The maximum atomic E-state index is 7.25. The van der Waals surface area contributed by atoms with Crippen LogP contribution >= 0.6 is 0 Å². The zero-order valence-electron chi connectivity index (χ0n) is 38.1. The van der Waals surface area contributed by atoms with E-state index in [2.05, 4.69) is 133 Å². The number of fused-ring (bicyclic) bond motifs is 20. The van der Waals surface area contributed by atoms with E-state index in [0.717, 1.165) is 40.8 Å². The monoisotopic (exact) mass is 842 g/mol. The van der Waals surface area contributed by atoms with Crippen LogP contribution in [-0.4, -0.2) is 15.9 Å². The molecule has 6 aromatic carbocycles. The molecule has 65 heavy (non-hydrogen) atoms. The molecule has 5 fully saturated rings. The Morgan fingerprint density at radius 2 is 1.46 bits per heavy atom. The standard InChI is InChI=1S/C61H55BN2O/c1-4-60(29-33-16-17-34(22-33)30-60)38-18-19-50-43(25-38)45-26-39(61-21-20-36-23-35(31-61)24-37(36)32-61)27-46-44-28-47-40-10-6-8-15-51(40)65-58(47)57-53(44)62(64(50)54(45)46)49-14-9-12-42-52-56(63(57)55(42)49)41-11-5-7-13-48(41)59(52,2)3/h5-15,18-19,25-28,33-37H,4,16-17,20-24,29-32H2,1-3H3. The summed E-state index contributed by atoms with van der Waals surface area (Å²) in [5, 5.41) is 6.83. The van der Waals surface area contributed by atoms with Crippen LogP contribution in [0.3, 0.4) is 0 Å². The molecule has 6 atom stereocenters. The molecule has 3 aromatic heterocycles. The lowest BCUT2D eigenvalue weighted by molar-refractivity contribution is 0.139. The molecule has 17 rings (SSSR count). The molecule has 5 saturated carbocycles. The van der Waals surface area contributed by atoms with Crippen molar-refractivity contribution in [3.63, 3.8) is 0 Å². The number of aromatic nitrogens is 2. The molecule has 0 radical (unpaired) electrons. The molecule has 9 aromatic rings. The van der Waals surface area contributed by atoms with E-state index < -0.39 is 0 Å². The summed E-state index contributed by atoms with van der Waals surface area (Å²) >= 11 is 0. The lowest BCUT2D eigenvalue weighted by Crippen LogP contribution is -2.55. The first-order chi connectivity index (χ1) is 31.8. The molecule has 3 nitrogen and oxygen atoms in total. The van der Waals surface area contributed by atoms with Crippen molar-refractivity contribution in [2.45, 2.75) is 114 Å². The van der Waals surface area contributed by atoms with Crippen molar-refractivity contribution >= 4 is 72.4 Å². The van der Waals surface area contributed by atoms with Gasteiger partial charge in [-0.2, -0.15) is 0 Å².